The summed E-state index contributed by atoms with van der Waals surface area (Å²) in [5.41, 5.74) is -0.531. The van der Waals surface area contributed by atoms with E-state index in [1.54, 1.807) is 0 Å². The van der Waals surface area contributed by atoms with Crippen LogP contribution in [0.3, 0.4) is 0 Å². The highest BCUT2D eigenvalue weighted by atomic mass is 16.4. The zero-order chi connectivity index (χ0) is 15.1. The van der Waals surface area contributed by atoms with E-state index in [0.29, 0.717) is 6.42 Å². The molecule has 1 saturated carbocycles. The summed E-state index contributed by atoms with van der Waals surface area (Å²) in [6, 6.07) is 0. The van der Waals surface area contributed by atoms with E-state index >= 15 is 0 Å². The molecule has 4 nitrogen and oxygen atoms in total. The number of hydrogen-bond donors (Lipinski definition) is 2. The van der Waals surface area contributed by atoms with Crippen molar-refractivity contribution in [1.29, 1.82) is 0 Å². The number of rotatable bonds is 6. The Morgan fingerprint density at radius 3 is 2.30 bits per heavy atom. The molecule has 0 amide bonds. The van der Waals surface area contributed by atoms with Crippen LogP contribution in [0.5, 0.6) is 0 Å². The van der Waals surface area contributed by atoms with E-state index in [2.05, 4.69) is 13.8 Å². The van der Waals surface area contributed by atoms with E-state index in [0.717, 1.165) is 32.1 Å². The highest BCUT2D eigenvalue weighted by molar-refractivity contribution is 6.02. The Morgan fingerprint density at radius 1 is 1.20 bits per heavy atom. The molecule has 0 saturated heterocycles. The zero-order valence-electron chi connectivity index (χ0n) is 12.5. The molecule has 2 N–H and O–H groups in total. The Hall–Kier alpha value is -1.32. The van der Waals surface area contributed by atoms with Gasteiger partial charge in [-0.05, 0) is 25.2 Å². The third-order valence-corrected chi connectivity index (χ3v) is 5.53. The minimum atomic E-state index is -1.05. The first-order valence-corrected chi connectivity index (χ1v) is 7.50. The molecular formula is C16H24O4. The summed E-state index contributed by atoms with van der Waals surface area (Å²) in [7, 11) is 0. The van der Waals surface area contributed by atoms with Crippen molar-refractivity contribution in [3.63, 3.8) is 0 Å². The summed E-state index contributed by atoms with van der Waals surface area (Å²) in [6.07, 6.45) is 5.44. The number of carboxylic acids is 2. The maximum atomic E-state index is 11.7. The minimum Gasteiger partial charge on any atom is -0.478 e. The van der Waals surface area contributed by atoms with E-state index in [4.69, 9.17) is 0 Å². The normalized spacial score (nSPS) is 35.6. The van der Waals surface area contributed by atoms with Crippen LogP contribution in [0.2, 0.25) is 0 Å². The second-order valence-electron chi connectivity index (χ2n) is 6.80. The van der Waals surface area contributed by atoms with Gasteiger partial charge in [-0.25, -0.2) is 9.59 Å². The molecule has 4 heteroatoms. The molecule has 0 aromatic heterocycles. The van der Waals surface area contributed by atoms with Crippen LogP contribution in [-0.4, -0.2) is 22.2 Å². The number of aliphatic carboxylic acids is 2. The first-order chi connectivity index (χ1) is 9.28. The van der Waals surface area contributed by atoms with Crippen molar-refractivity contribution in [3.05, 3.63) is 11.1 Å². The van der Waals surface area contributed by atoms with Gasteiger partial charge in [-0.3, -0.25) is 0 Å². The standard InChI is InChI=1S/C16H24O4/c1-4-5-6-7-16-8-10(2)15(3,9-16)11(13(17)18)12(16)14(19)20/h10H,4-9H2,1-3H3,(H,17,18)(H,19,20). The lowest BCUT2D eigenvalue weighted by atomic mass is 9.70. The van der Waals surface area contributed by atoms with E-state index in [1.807, 2.05) is 6.92 Å². The number of carboxylic acid groups (broad SMARTS) is 2. The smallest absolute Gasteiger partial charge is 0.332 e. The van der Waals surface area contributed by atoms with Crippen LogP contribution in [-0.2, 0) is 9.59 Å². The van der Waals surface area contributed by atoms with Crippen molar-refractivity contribution >= 4 is 11.9 Å². The maximum Gasteiger partial charge on any atom is 0.332 e. The van der Waals surface area contributed by atoms with E-state index in [1.165, 1.54) is 0 Å². The lowest BCUT2D eigenvalue weighted by Gasteiger charge is -2.33. The number of hydrogen-bond acceptors (Lipinski definition) is 2. The first kappa shape index (κ1) is 15.1. The molecule has 1 fully saturated rings. The highest BCUT2D eigenvalue weighted by Crippen LogP contribution is 2.68. The molecule has 112 valence electrons. The highest BCUT2D eigenvalue weighted by Gasteiger charge is 2.63. The fourth-order valence-corrected chi connectivity index (χ4v) is 4.55. The molecule has 0 radical (unpaired) electrons. The van der Waals surface area contributed by atoms with Crippen molar-refractivity contribution in [2.75, 3.05) is 0 Å². The van der Waals surface area contributed by atoms with E-state index in [9.17, 15) is 19.8 Å². The van der Waals surface area contributed by atoms with Gasteiger partial charge in [0.1, 0.15) is 0 Å². The number of carbonyl (C=O) groups is 2. The molecule has 2 bridgehead atoms. The first-order valence-electron chi connectivity index (χ1n) is 7.50. The van der Waals surface area contributed by atoms with Crippen molar-refractivity contribution < 1.29 is 19.8 Å². The molecule has 0 heterocycles. The van der Waals surface area contributed by atoms with Crippen molar-refractivity contribution in [3.8, 4) is 0 Å². The van der Waals surface area contributed by atoms with Gasteiger partial charge in [0.15, 0.2) is 0 Å². The summed E-state index contributed by atoms with van der Waals surface area (Å²) < 4.78 is 0. The van der Waals surface area contributed by atoms with Crippen LogP contribution in [0, 0.1) is 16.7 Å². The summed E-state index contributed by atoms with van der Waals surface area (Å²) >= 11 is 0. The van der Waals surface area contributed by atoms with Gasteiger partial charge >= 0.3 is 11.9 Å². The van der Waals surface area contributed by atoms with Gasteiger partial charge in [-0.2, -0.15) is 0 Å². The van der Waals surface area contributed by atoms with Gasteiger partial charge in [0, 0.05) is 10.8 Å². The molecule has 2 aliphatic rings. The van der Waals surface area contributed by atoms with Gasteiger partial charge in [0.2, 0.25) is 0 Å². The molecule has 2 aliphatic carbocycles. The van der Waals surface area contributed by atoms with Gasteiger partial charge in [-0.1, -0.05) is 40.0 Å². The molecule has 2 rings (SSSR count). The minimum absolute atomic E-state index is 0.167. The van der Waals surface area contributed by atoms with Crippen LogP contribution in [0.25, 0.3) is 0 Å². The Morgan fingerprint density at radius 2 is 1.80 bits per heavy atom. The predicted molar refractivity (Wildman–Crippen MR) is 75.4 cm³/mol. The maximum absolute atomic E-state index is 11.7. The topological polar surface area (TPSA) is 74.6 Å². The van der Waals surface area contributed by atoms with Gasteiger partial charge < -0.3 is 10.2 Å². The fourth-order valence-electron chi connectivity index (χ4n) is 4.55. The van der Waals surface area contributed by atoms with Crippen LogP contribution in [0.4, 0.5) is 0 Å². The molecule has 0 aliphatic heterocycles. The SMILES string of the molecule is CCCCCC12CC(C)C(C)(C1)C(C(=O)O)=C2C(=O)O. The van der Waals surface area contributed by atoms with E-state index in [-0.39, 0.29) is 17.1 Å². The zero-order valence-corrected chi connectivity index (χ0v) is 12.5. The van der Waals surface area contributed by atoms with Crippen LogP contribution in [0.15, 0.2) is 11.1 Å². The third kappa shape index (κ3) is 1.97. The van der Waals surface area contributed by atoms with Crippen molar-refractivity contribution in [2.24, 2.45) is 16.7 Å². The Labute approximate surface area is 119 Å². The molecule has 3 unspecified atom stereocenters. The quantitative estimate of drug-likeness (QED) is 0.730. The van der Waals surface area contributed by atoms with Gasteiger partial charge in [0.25, 0.3) is 0 Å². The van der Waals surface area contributed by atoms with Crippen LogP contribution >= 0.6 is 0 Å². The monoisotopic (exact) mass is 280 g/mol. The molecule has 3 atom stereocenters. The molecular weight excluding hydrogens is 256 g/mol. The summed E-state index contributed by atoms with van der Waals surface area (Å²) in [5.74, 6) is -1.85. The molecule has 0 aromatic carbocycles. The number of unbranched alkanes of at least 4 members (excludes halogenated alkanes) is 2. The van der Waals surface area contributed by atoms with Gasteiger partial charge in [0.05, 0.1) is 11.1 Å². The van der Waals surface area contributed by atoms with E-state index < -0.39 is 22.8 Å². The fraction of sp³-hybridized carbons (Fsp3) is 0.750. The largest absolute Gasteiger partial charge is 0.478 e. The lowest BCUT2D eigenvalue weighted by Crippen LogP contribution is -2.32. The lowest BCUT2D eigenvalue weighted by molar-refractivity contribution is -0.137. The summed E-state index contributed by atoms with van der Waals surface area (Å²) in [5, 5.41) is 19.1. The van der Waals surface area contributed by atoms with Crippen LogP contribution in [0.1, 0.15) is 59.3 Å². The Balaban J connectivity index is 2.47. The molecule has 0 aromatic rings. The number of fused-ring (bicyclic) bond motifs is 2. The molecule has 0 spiro atoms. The van der Waals surface area contributed by atoms with Crippen LogP contribution < -0.4 is 0 Å². The Kier molecular flexibility index (Phi) is 3.69. The summed E-state index contributed by atoms with van der Waals surface area (Å²) in [6.45, 7) is 6.10. The average Bonchev–Trinajstić information content (AvgIpc) is 2.73. The van der Waals surface area contributed by atoms with Crippen molar-refractivity contribution in [1.82, 2.24) is 0 Å². The second kappa shape index (κ2) is 4.90. The second-order valence-corrected chi connectivity index (χ2v) is 6.80. The third-order valence-electron chi connectivity index (χ3n) is 5.53. The Bertz CT molecular complexity index is 479. The van der Waals surface area contributed by atoms with Crippen molar-refractivity contribution in [2.45, 2.75) is 59.3 Å². The predicted octanol–water partition coefficient (Wildman–Crippen LogP) is 3.47. The summed E-state index contributed by atoms with van der Waals surface area (Å²) in [4.78, 5) is 23.3. The molecule has 20 heavy (non-hydrogen) atoms. The average molecular weight is 280 g/mol. The van der Waals surface area contributed by atoms with Gasteiger partial charge in [-0.15, -0.1) is 0 Å².